The van der Waals surface area contributed by atoms with E-state index in [1.165, 1.54) is 18.1 Å². The minimum absolute atomic E-state index is 0.172. The van der Waals surface area contributed by atoms with Crippen LogP contribution in [0.4, 0.5) is 5.69 Å². The Morgan fingerprint density at radius 2 is 2.32 bits per heavy atom. The van der Waals surface area contributed by atoms with Gasteiger partial charge in [0.25, 0.3) is 5.91 Å². The number of carbonyl (C=O) groups excluding carboxylic acids is 1. The van der Waals surface area contributed by atoms with Crippen LogP contribution in [0.25, 0.3) is 17.1 Å². The molecule has 8 nitrogen and oxygen atoms in total. The zero-order valence-electron chi connectivity index (χ0n) is 16.6. The lowest BCUT2D eigenvalue weighted by Crippen LogP contribution is -2.21. The van der Waals surface area contributed by atoms with Crippen molar-refractivity contribution in [1.29, 1.82) is 0 Å². The standard InChI is InChI=1S/C21H19ClN6O2S/c1-28-5-4-14(10-28)30-13-2-3-17(16(22)7-13)26-21-27-20(29)18(31-21)6-12-8-24-19-15(12)9-23-11-25-19/h2-3,6-9,11,14H,4-5,10H2,1H3,(H,23,24,25)(H,26,27,29). The Kier molecular flexibility index (Phi) is 5.39. The summed E-state index contributed by atoms with van der Waals surface area (Å²) in [6, 6.07) is 5.42. The summed E-state index contributed by atoms with van der Waals surface area (Å²) in [6.45, 7) is 1.94. The van der Waals surface area contributed by atoms with Crippen LogP contribution in [-0.4, -0.2) is 57.2 Å². The zero-order chi connectivity index (χ0) is 21.4. The molecule has 1 unspecified atom stereocenters. The first-order valence-corrected chi connectivity index (χ1v) is 11.0. The fourth-order valence-electron chi connectivity index (χ4n) is 3.57. The predicted molar refractivity (Wildman–Crippen MR) is 123 cm³/mol. The van der Waals surface area contributed by atoms with Gasteiger partial charge in [-0.05, 0) is 43.4 Å². The minimum Gasteiger partial charge on any atom is -0.489 e. The highest BCUT2D eigenvalue weighted by molar-refractivity contribution is 8.18. The largest absolute Gasteiger partial charge is 0.489 e. The number of amidine groups is 1. The number of nitrogens with zero attached hydrogens (tertiary/aromatic N) is 4. The molecular formula is C21H19ClN6O2S. The van der Waals surface area contributed by atoms with Crippen molar-refractivity contribution in [3.8, 4) is 5.75 Å². The van der Waals surface area contributed by atoms with Crippen LogP contribution in [-0.2, 0) is 4.79 Å². The number of aromatic amines is 1. The Morgan fingerprint density at radius 1 is 1.42 bits per heavy atom. The van der Waals surface area contributed by atoms with Crippen LogP contribution in [0.2, 0.25) is 5.02 Å². The number of carbonyl (C=O) groups is 1. The van der Waals surface area contributed by atoms with E-state index in [0.29, 0.717) is 20.8 Å². The van der Waals surface area contributed by atoms with Crippen molar-refractivity contribution >= 4 is 57.2 Å². The Labute approximate surface area is 187 Å². The van der Waals surface area contributed by atoms with Crippen molar-refractivity contribution in [2.24, 2.45) is 4.99 Å². The summed E-state index contributed by atoms with van der Waals surface area (Å²) in [5.74, 6) is 0.510. The molecule has 1 amide bonds. The highest BCUT2D eigenvalue weighted by atomic mass is 35.5. The van der Waals surface area contributed by atoms with E-state index in [0.717, 1.165) is 41.9 Å². The number of hydrogen-bond donors (Lipinski definition) is 2. The van der Waals surface area contributed by atoms with Gasteiger partial charge < -0.3 is 19.9 Å². The molecule has 0 spiro atoms. The third kappa shape index (κ3) is 4.30. The lowest BCUT2D eigenvalue weighted by molar-refractivity contribution is -0.115. The number of likely N-dealkylation sites (N-methyl/N-ethyl adjacent to an activating group) is 1. The molecule has 2 aliphatic heterocycles. The average Bonchev–Trinajstić information content (AvgIpc) is 3.44. The molecule has 158 valence electrons. The van der Waals surface area contributed by atoms with Crippen LogP contribution >= 0.6 is 23.4 Å². The third-order valence-corrected chi connectivity index (χ3v) is 6.33. The van der Waals surface area contributed by atoms with Gasteiger partial charge in [-0.3, -0.25) is 4.79 Å². The molecule has 3 aromatic rings. The van der Waals surface area contributed by atoms with Gasteiger partial charge in [0.15, 0.2) is 5.17 Å². The first-order valence-electron chi connectivity index (χ1n) is 9.76. The van der Waals surface area contributed by atoms with Crippen LogP contribution in [0.3, 0.4) is 0 Å². The maximum Gasteiger partial charge on any atom is 0.264 e. The van der Waals surface area contributed by atoms with Crippen LogP contribution in [0.1, 0.15) is 12.0 Å². The van der Waals surface area contributed by atoms with E-state index in [-0.39, 0.29) is 12.0 Å². The molecule has 31 heavy (non-hydrogen) atoms. The minimum atomic E-state index is -0.212. The van der Waals surface area contributed by atoms with Gasteiger partial charge in [0.1, 0.15) is 23.8 Å². The number of hydrogen-bond acceptors (Lipinski definition) is 7. The van der Waals surface area contributed by atoms with E-state index < -0.39 is 0 Å². The Bertz CT molecular complexity index is 1220. The molecule has 10 heteroatoms. The molecule has 0 aliphatic carbocycles. The van der Waals surface area contributed by atoms with Crippen molar-refractivity contribution in [1.82, 2.24) is 25.2 Å². The monoisotopic (exact) mass is 454 g/mol. The number of rotatable bonds is 4. The van der Waals surface area contributed by atoms with E-state index in [1.54, 1.807) is 30.6 Å². The maximum absolute atomic E-state index is 12.4. The number of ether oxygens (including phenoxy) is 1. The van der Waals surface area contributed by atoms with Gasteiger partial charge in [-0.2, -0.15) is 0 Å². The van der Waals surface area contributed by atoms with E-state index in [9.17, 15) is 4.79 Å². The summed E-state index contributed by atoms with van der Waals surface area (Å²) in [4.78, 5) is 31.0. The average molecular weight is 455 g/mol. The highest BCUT2D eigenvalue weighted by Gasteiger charge is 2.25. The molecular weight excluding hydrogens is 436 g/mol. The summed E-state index contributed by atoms with van der Waals surface area (Å²) in [5.41, 5.74) is 2.13. The van der Waals surface area contributed by atoms with Gasteiger partial charge in [-0.15, -0.1) is 0 Å². The number of likely N-dealkylation sites (tertiary alicyclic amines) is 1. The summed E-state index contributed by atoms with van der Waals surface area (Å²) >= 11 is 7.68. The second-order valence-electron chi connectivity index (χ2n) is 7.41. The van der Waals surface area contributed by atoms with E-state index in [2.05, 4.69) is 37.2 Å². The number of amides is 1. The lowest BCUT2D eigenvalue weighted by Gasteiger charge is -2.14. The fraction of sp³-hybridized carbons (Fsp3) is 0.238. The fourth-order valence-corrected chi connectivity index (χ4v) is 4.60. The van der Waals surface area contributed by atoms with Crippen molar-refractivity contribution in [3.63, 3.8) is 0 Å². The third-order valence-electron chi connectivity index (χ3n) is 5.12. The molecule has 2 aromatic heterocycles. The second kappa shape index (κ2) is 8.33. The van der Waals surface area contributed by atoms with Crippen LogP contribution in [0.15, 0.2) is 46.8 Å². The predicted octanol–water partition coefficient (Wildman–Crippen LogP) is 3.59. The van der Waals surface area contributed by atoms with Crippen molar-refractivity contribution in [3.05, 3.63) is 52.4 Å². The lowest BCUT2D eigenvalue weighted by atomic mass is 10.2. The first kappa shape index (κ1) is 20.0. The van der Waals surface area contributed by atoms with Crippen molar-refractivity contribution in [2.45, 2.75) is 12.5 Å². The number of thioether (sulfide) groups is 1. The van der Waals surface area contributed by atoms with Crippen LogP contribution in [0.5, 0.6) is 5.75 Å². The number of nitrogens with one attached hydrogen (secondary N) is 2. The number of aromatic nitrogens is 3. The molecule has 4 heterocycles. The Morgan fingerprint density at radius 3 is 3.13 bits per heavy atom. The maximum atomic E-state index is 12.4. The normalized spacial score (nSPS) is 22.0. The van der Waals surface area contributed by atoms with Crippen LogP contribution in [0, 0.1) is 0 Å². The topological polar surface area (TPSA) is 95.5 Å². The molecule has 0 saturated carbocycles. The van der Waals surface area contributed by atoms with Gasteiger partial charge in [0.2, 0.25) is 0 Å². The van der Waals surface area contributed by atoms with Crippen molar-refractivity contribution in [2.75, 3.05) is 20.1 Å². The van der Waals surface area contributed by atoms with Gasteiger partial charge in [0, 0.05) is 42.5 Å². The van der Waals surface area contributed by atoms with E-state index in [4.69, 9.17) is 16.3 Å². The van der Waals surface area contributed by atoms with E-state index >= 15 is 0 Å². The Balaban J connectivity index is 1.33. The van der Waals surface area contributed by atoms with Crippen molar-refractivity contribution < 1.29 is 9.53 Å². The number of H-pyrrole nitrogens is 1. The van der Waals surface area contributed by atoms with E-state index in [1.807, 2.05) is 6.07 Å². The molecule has 0 radical (unpaired) electrons. The second-order valence-corrected chi connectivity index (χ2v) is 8.85. The number of aliphatic imine (C=N–C) groups is 1. The molecule has 2 N–H and O–H groups in total. The SMILES string of the molecule is CN1CCC(Oc2ccc(N=C3NC(=O)C(=Cc4c[nH]c5ncncc45)S3)c(Cl)c2)C1. The molecule has 5 rings (SSSR count). The summed E-state index contributed by atoms with van der Waals surface area (Å²) in [6.07, 6.45) is 7.95. The quantitative estimate of drug-likeness (QED) is 0.585. The first-order chi connectivity index (χ1) is 15.0. The Hall–Kier alpha value is -2.88. The van der Waals surface area contributed by atoms with Gasteiger partial charge in [0.05, 0.1) is 15.6 Å². The zero-order valence-corrected chi connectivity index (χ0v) is 18.2. The number of halogens is 1. The van der Waals surface area contributed by atoms with Gasteiger partial charge in [-0.1, -0.05) is 11.6 Å². The molecule has 2 aliphatic rings. The van der Waals surface area contributed by atoms with Gasteiger partial charge >= 0.3 is 0 Å². The summed E-state index contributed by atoms with van der Waals surface area (Å²) < 4.78 is 6.01. The molecule has 0 bridgehead atoms. The number of fused-ring (bicyclic) bond motifs is 1. The van der Waals surface area contributed by atoms with Crippen LogP contribution < -0.4 is 10.1 Å². The summed E-state index contributed by atoms with van der Waals surface area (Å²) in [7, 11) is 2.08. The molecule has 1 atom stereocenters. The summed E-state index contributed by atoms with van der Waals surface area (Å²) in [5, 5.41) is 4.58. The molecule has 2 saturated heterocycles. The highest BCUT2D eigenvalue weighted by Crippen LogP contribution is 2.34. The molecule has 1 aromatic carbocycles. The number of benzene rings is 1. The smallest absolute Gasteiger partial charge is 0.264 e. The molecule has 2 fully saturated rings. The van der Waals surface area contributed by atoms with Gasteiger partial charge in [-0.25, -0.2) is 15.0 Å².